The van der Waals surface area contributed by atoms with Crippen molar-refractivity contribution in [3.05, 3.63) is 0 Å². The maximum atomic E-state index is 12.3. The van der Waals surface area contributed by atoms with Crippen molar-refractivity contribution in [2.45, 2.75) is 58.5 Å². The predicted octanol–water partition coefficient (Wildman–Crippen LogP) is 2.04. The van der Waals surface area contributed by atoms with Gasteiger partial charge in [-0.05, 0) is 51.5 Å². The van der Waals surface area contributed by atoms with E-state index in [1.165, 1.54) is 19.3 Å². The standard InChI is InChI=1S/C16H30N2O2/c1-5-20-15(19)16(4,17-14-6-7-14)11-18-9-8-12(2)13(3)10-18/h12-14,17H,5-11H2,1-4H3. The van der Waals surface area contributed by atoms with E-state index in [0.29, 0.717) is 18.6 Å². The molecule has 1 heterocycles. The summed E-state index contributed by atoms with van der Waals surface area (Å²) in [5.41, 5.74) is -0.558. The monoisotopic (exact) mass is 282 g/mol. The molecule has 0 radical (unpaired) electrons. The molecule has 3 unspecified atom stereocenters. The van der Waals surface area contributed by atoms with Crippen LogP contribution in [0.2, 0.25) is 0 Å². The summed E-state index contributed by atoms with van der Waals surface area (Å²) in [6, 6.07) is 0.505. The molecule has 0 spiro atoms. The van der Waals surface area contributed by atoms with E-state index in [9.17, 15) is 4.79 Å². The summed E-state index contributed by atoms with van der Waals surface area (Å²) < 4.78 is 5.30. The fourth-order valence-electron chi connectivity index (χ4n) is 3.08. The smallest absolute Gasteiger partial charge is 0.327 e. The minimum atomic E-state index is -0.558. The van der Waals surface area contributed by atoms with E-state index >= 15 is 0 Å². The van der Waals surface area contributed by atoms with Gasteiger partial charge in [0.2, 0.25) is 0 Å². The molecule has 1 saturated heterocycles. The molecule has 0 aromatic carbocycles. The first-order valence-electron chi connectivity index (χ1n) is 8.12. The zero-order valence-corrected chi connectivity index (χ0v) is 13.4. The minimum absolute atomic E-state index is 0.0989. The highest BCUT2D eigenvalue weighted by Crippen LogP contribution is 2.27. The van der Waals surface area contributed by atoms with Gasteiger partial charge in [-0.15, -0.1) is 0 Å². The van der Waals surface area contributed by atoms with Gasteiger partial charge in [0.15, 0.2) is 0 Å². The summed E-state index contributed by atoms with van der Waals surface area (Å²) in [6.07, 6.45) is 3.59. The van der Waals surface area contributed by atoms with Crippen molar-refractivity contribution in [3.8, 4) is 0 Å². The number of likely N-dealkylation sites (tertiary alicyclic amines) is 1. The van der Waals surface area contributed by atoms with E-state index in [1.807, 2.05) is 13.8 Å². The molecule has 2 rings (SSSR count). The van der Waals surface area contributed by atoms with E-state index in [2.05, 4.69) is 24.1 Å². The molecule has 0 bridgehead atoms. The summed E-state index contributed by atoms with van der Waals surface area (Å²) in [6.45, 7) is 11.9. The summed E-state index contributed by atoms with van der Waals surface area (Å²) in [4.78, 5) is 14.8. The first-order valence-corrected chi connectivity index (χ1v) is 8.12. The molecule has 0 aromatic rings. The molecule has 0 amide bonds. The highest BCUT2D eigenvalue weighted by molar-refractivity contribution is 5.80. The van der Waals surface area contributed by atoms with Crippen LogP contribution in [0.3, 0.4) is 0 Å². The van der Waals surface area contributed by atoms with Crippen LogP contribution < -0.4 is 5.32 Å². The van der Waals surface area contributed by atoms with Crippen molar-refractivity contribution in [3.63, 3.8) is 0 Å². The maximum absolute atomic E-state index is 12.3. The van der Waals surface area contributed by atoms with Gasteiger partial charge in [-0.3, -0.25) is 10.1 Å². The number of ether oxygens (including phenoxy) is 1. The third-order valence-electron chi connectivity index (χ3n) is 4.78. The van der Waals surface area contributed by atoms with Gasteiger partial charge < -0.3 is 9.64 Å². The molecule has 2 fully saturated rings. The van der Waals surface area contributed by atoms with Gasteiger partial charge in [0, 0.05) is 19.1 Å². The number of piperidine rings is 1. The number of hydrogen-bond acceptors (Lipinski definition) is 4. The lowest BCUT2D eigenvalue weighted by atomic mass is 9.87. The van der Waals surface area contributed by atoms with Gasteiger partial charge in [-0.2, -0.15) is 0 Å². The fourth-order valence-corrected chi connectivity index (χ4v) is 3.08. The van der Waals surface area contributed by atoms with Gasteiger partial charge in [0.05, 0.1) is 6.61 Å². The lowest BCUT2D eigenvalue weighted by molar-refractivity contribution is -0.151. The Morgan fingerprint density at radius 1 is 1.30 bits per heavy atom. The van der Waals surface area contributed by atoms with Crippen LogP contribution in [0.1, 0.15) is 47.0 Å². The Hall–Kier alpha value is -0.610. The highest BCUT2D eigenvalue weighted by Gasteiger charge is 2.41. The van der Waals surface area contributed by atoms with Crippen LogP contribution in [-0.4, -0.2) is 48.7 Å². The molecule has 3 atom stereocenters. The molecule has 1 aliphatic heterocycles. The van der Waals surface area contributed by atoms with Gasteiger partial charge in [0.25, 0.3) is 0 Å². The second-order valence-corrected chi connectivity index (χ2v) is 6.95. The molecular weight excluding hydrogens is 252 g/mol. The zero-order chi connectivity index (χ0) is 14.8. The minimum Gasteiger partial charge on any atom is -0.465 e. The van der Waals surface area contributed by atoms with E-state index in [0.717, 1.165) is 25.6 Å². The summed E-state index contributed by atoms with van der Waals surface area (Å²) in [5.74, 6) is 1.39. The van der Waals surface area contributed by atoms with Gasteiger partial charge in [-0.1, -0.05) is 13.8 Å². The Kier molecular flexibility index (Phi) is 5.08. The molecule has 20 heavy (non-hydrogen) atoms. The zero-order valence-electron chi connectivity index (χ0n) is 13.4. The summed E-state index contributed by atoms with van der Waals surface area (Å²) in [5, 5.41) is 3.51. The summed E-state index contributed by atoms with van der Waals surface area (Å²) >= 11 is 0. The Morgan fingerprint density at radius 3 is 2.55 bits per heavy atom. The van der Waals surface area contributed by atoms with Crippen LogP contribution >= 0.6 is 0 Å². The number of nitrogens with zero attached hydrogens (tertiary/aromatic N) is 1. The molecular formula is C16H30N2O2. The van der Waals surface area contributed by atoms with Gasteiger partial charge >= 0.3 is 5.97 Å². The van der Waals surface area contributed by atoms with Gasteiger partial charge in [0.1, 0.15) is 5.54 Å². The molecule has 1 N–H and O–H groups in total. The first-order chi connectivity index (χ1) is 9.44. The fraction of sp³-hybridized carbons (Fsp3) is 0.938. The summed E-state index contributed by atoms with van der Waals surface area (Å²) in [7, 11) is 0. The van der Waals surface area contributed by atoms with E-state index in [4.69, 9.17) is 4.74 Å². The number of esters is 1. The molecule has 4 heteroatoms. The normalized spacial score (nSPS) is 30.8. The molecule has 1 aliphatic carbocycles. The SMILES string of the molecule is CCOC(=O)C(C)(CN1CCC(C)C(C)C1)NC1CC1. The maximum Gasteiger partial charge on any atom is 0.327 e. The van der Waals surface area contributed by atoms with Gasteiger partial charge in [-0.25, -0.2) is 0 Å². The molecule has 0 aromatic heterocycles. The van der Waals surface area contributed by atoms with Crippen molar-refractivity contribution < 1.29 is 9.53 Å². The Morgan fingerprint density at radius 2 is 2.00 bits per heavy atom. The molecule has 1 saturated carbocycles. The number of carbonyl (C=O) groups excluding carboxylic acids is 1. The average molecular weight is 282 g/mol. The van der Waals surface area contributed by atoms with Crippen molar-refractivity contribution in [2.75, 3.05) is 26.2 Å². The average Bonchev–Trinajstić information content (AvgIpc) is 3.18. The molecule has 116 valence electrons. The van der Waals surface area contributed by atoms with Crippen molar-refractivity contribution in [1.29, 1.82) is 0 Å². The van der Waals surface area contributed by atoms with E-state index in [1.54, 1.807) is 0 Å². The number of carbonyl (C=O) groups is 1. The highest BCUT2D eigenvalue weighted by atomic mass is 16.5. The second kappa shape index (κ2) is 6.44. The topological polar surface area (TPSA) is 41.6 Å². The Labute approximate surface area is 123 Å². The lowest BCUT2D eigenvalue weighted by Gasteiger charge is -2.40. The van der Waals surface area contributed by atoms with E-state index in [-0.39, 0.29) is 5.97 Å². The molecule has 2 aliphatic rings. The third kappa shape index (κ3) is 3.95. The quantitative estimate of drug-likeness (QED) is 0.757. The van der Waals surface area contributed by atoms with Crippen molar-refractivity contribution in [1.82, 2.24) is 10.2 Å². The largest absolute Gasteiger partial charge is 0.465 e. The number of nitrogens with one attached hydrogen (secondary N) is 1. The molecule has 4 nitrogen and oxygen atoms in total. The first kappa shape index (κ1) is 15.8. The Balaban J connectivity index is 1.97. The van der Waals surface area contributed by atoms with Crippen LogP contribution in [0.4, 0.5) is 0 Å². The van der Waals surface area contributed by atoms with Crippen LogP contribution in [0.25, 0.3) is 0 Å². The van der Waals surface area contributed by atoms with E-state index < -0.39 is 5.54 Å². The second-order valence-electron chi connectivity index (χ2n) is 6.95. The number of hydrogen-bond donors (Lipinski definition) is 1. The van der Waals surface area contributed by atoms with Crippen LogP contribution in [0, 0.1) is 11.8 Å². The van der Waals surface area contributed by atoms with Crippen LogP contribution in [-0.2, 0) is 9.53 Å². The Bertz CT molecular complexity index is 343. The van der Waals surface area contributed by atoms with Crippen LogP contribution in [0.5, 0.6) is 0 Å². The predicted molar refractivity (Wildman–Crippen MR) is 80.6 cm³/mol. The lowest BCUT2D eigenvalue weighted by Crippen LogP contribution is -2.59. The van der Waals surface area contributed by atoms with Crippen molar-refractivity contribution >= 4 is 5.97 Å². The van der Waals surface area contributed by atoms with Crippen LogP contribution in [0.15, 0.2) is 0 Å². The number of rotatable bonds is 6. The van der Waals surface area contributed by atoms with Crippen molar-refractivity contribution in [2.24, 2.45) is 11.8 Å². The third-order valence-corrected chi connectivity index (χ3v) is 4.78.